The number of hydrazine groups is 1. The smallest absolute Gasteiger partial charge is 0.274 e. The van der Waals surface area contributed by atoms with Gasteiger partial charge in [0.25, 0.3) is 5.91 Å². The largest absolute Gasteiger partial charge is 0.395 e. The van der Waals surface area contributed by atoms with Crippen molar-refractivity contribution in [2.75, 3.05) is 18.6 Å². The summed E-state index contributed by atoms with van der Waals surface area (Å²) < 4.78 is 0. The number of anilines is 1. The molecule has 7 heteroatoms. The Hall–Kier alpha value is -1.73. The summed E-state index contributed by atoms with van der Waals surface area (Å²) in [4.78, 5) is 13.6. The maximum atomic E-state index is 12.0. The van der Waals surface area contributed by atoms with Crippen LogP contribution in [0.1, 0.15) is 24.3 Å². The monoisotopic (exact) mass is 239 g/mol. The number of aliphatic hydroxyl groups is 1. The minimum absolute atomic E-state index is 0.0104. The van der Waals surface area contributed by atoms with Gasteiger partial charge < -0.3 is 15.4 Å². The van der Waals surface area contributed by atoms with Gasteiger partial charge in [0.15, 0.2) is 11.5 Å². The predicted molar refractivity (Wildman–Crippen MR) is 63.1 cm³/mol. The first-order chi connectivity index (χ1) is 8.10. The van der Waals surface area contributed by atoms with Crippen LogP contribution < -0.4 is 11.3 Å². The average Bonchev–Trinajstić information content (AvgIpc) is 2.35. The van der Waals surface area contributed by atoms with Gasteiger partial charge in [-0.05, 0) is 26.0 Å². The molecule has 1 heterocycles. The first-order valence-corrected chi connectivity index (χ1v) is 5.32. The van der Waals surface area contributed by atoms with Crippen LogP contribution in [0.2, 0.25) is 0 Å². The van der Waals surface area contributed by atoms with E-state index in [0.717, 1.165) is 0 Å². The van der Waals surface area contributed by atoms with Gasteiger partial charge in [-0.1, -0.05) is 0 Å². The van der Waals surface area contributed by atoms with E-state index in [-0.39, 0.29) is 30.8 Å². The van der Waals surface area contributed by atoms with Crippen LogP contribution in [0.5, 0.6) is 0 Å². The van der Waals surface area contributed by atoms with Crippen LogP contribution in [-0.2, 0) is 0 Å². The van der Waals surface area contributed by atoms with Gasteiger partial charge in [-0.25, -0.2) is 5.84 Å². The zero-order chi connectivity index (χ0) is 12.8. The van der Waals surface area contributed by atoms with Gasteiger partial charge in [0.1, 0.15) is 0 Å². The standard InChI is InChI=1S/C10H17N5O2/c1-7(2)15(5-6-16)10(17)8-3-4-9(12-11)14-13-8/h3-4,7,16H,5-6,11H2,1-2H3,(H,12,14). The van der Waals surface area contributed by atoms with Gasteiger partial charge in [0, 0.05) is 12.6 Å². The molecule has 1 aromatic heterocycles. The fourth-order valence-electron chi connectivity index (χ4n) is 1.37. The molecule has 0 radical (unpaired) electrons. The van der Waals surface area contributed by atoms with Crippen LogP contribution in [0.3, 0.4) is 0 Å². The van der Waals surface area contributed by atoms with E-state index in [1.807, 2.05) is 13.8 Å². The van der Waals surface area contributed by atoms with Gasteiger partial charge in [0.05, 0.1) is 6.61 Å². The van der Waals surface area contributed by atoms with E-state index in [9.17, 15) is 4.79 Å². The third kappa shape index (κ3) is 3.36. The van der Waals surface area contributed by atoms with Crippen LogP contribution >= 0.6 is 0 Å². The van der Waals surface area contributed by atoms with E-state index >= 15 is 0 Å². The second-order valence-electron chi connectivity index (χ2n) is 3.76. The van der Waals surface area contributed by atoms with Gasteiger partial charge >= 0.3 is 0 Å². The molecule has 0 unspecified atom stereocenters. The van der Waals surface area contributed by atoms with Crippen LogP contribution in [0.25, 0.3) is 0 Å². The van der Waals surface area contributed by atoms with Crippen molar-refractivity contribution in [2.45, 2.75) is 19.9 Å². The maximum Gasteiger partial charge on any atom is 0.274 e. The SMILES string of the molecule is CC(C)N(CCO)C(=O)c1ccc(NN)nn1. The topological polar surface area (TPSA) is 104 Å². The second-order valence-corrected chi connectivity index (χ2v) is 3.76. The van der Waals surface area contributed by atoms with E-state index < -0.39 is 0 Å². The maximum absolute atomic E-state index is 12.0. The summed E-state index contributed by atoms with van der Waals surface area (Å²) in [6.45, 7) is 3.93. The molecule has 0 atom stereocenters. The lowest BCUT2D eigenvalue weighted by Gasteiger charge is -2.25. The Bertz CT molecular complexity index is 365. The third-order valence-electron chi connectivity index (χ3n) is 2.26. The number of carbonyl (C=O) groups excluding carboxylic acids is 1. The second kappa shape index (κ2) is 6.12. The number of rotatable bonds is 5. The van der Waals surface area contributed by atoms with Crippen molar-refractivity contribution in [3.8, 4) is 0 Å². The van der Waals surface area contributed by atoms with E-state index in [2.05, 4.69) is 15.6 Å². The van der Waals surface area contributed by atoms with Crippen molar-refractivity contribution in [3.05, 3.63) is 17.8 Å². The lowest BCUT2D eigenvalue weighted by molar-refractivity contribution is 0.0658. The summed E-state index contributed by atoms with van der Waals surface area (Å²) in [6.07, 6.45) is 0. The fourth-order valence-corrected chi connectivity index (χ4v) is 1.37. The highest BCUT2D eigenvalue weighted by Gasteiger charge is 2.19. The molecule has 0 spiro atoms. The molecule has 0 aliphatic heterocycles. The van der Waals surface area contributed by atoms with E-state index in [1.54, 1.807) is 6.07 Å². The molecule has 7 nitrogen and oxygen atoms in total. The van der Waals surface area contributed by atoms with Crippen LogP contribution in [-0.4, -0.2) is 45.3 Å². The Morgan fingerprint density at radius 3 is 2.65 bits per heavy atom. The molecule has 1 rings (SSSR count). The number of aliphatic hydroxyl groups excluding tert-OH is 1. The molecule has 94 valence electrons. The Morgan fingerprint density at radius 1 is 1.53 bits per heavy atom. The number of hydrogen-bond acceptors (Lipinski definition) is 6. The van der Waals surface area contributed by atoms with Gasteiger partial charge in [0.2, 0.25) is 0 Å². The number of aromatic nitrogens is 2. The average molecular weight is 239 g/mol. The molecule has 0 aliphatic carbocycles. The van der Waals surface area contributed by atoms with Gasteiger partial charge in [-0.2, -0.15) is 0 Å². The van der Waals surface area contributed by atoms with E-state index in [0.29, 0.717) is 5.82 Å². The number of carbonyl (C=O) groups is 1. The molecule has 0 bridgehead atoms. The Morgan fingerprint density at radius 2 is 2.24 bits per heavy atom. The molecule has 0 aromatic carbocycles. The third-order valence-corrected chi connectivity index (χ3v) is 2.26. The molecule has 17 heavy (non-hydrogen) atoms. The van der Waals surface area contributed by atoms with Crippen molar-refractivity contribution >= 4 is 11.7 Å². The number of nitrogens with zero attached hydrogens (tertiary/aromatic N) is 3. The molecule has 0 aliphatic rings. The summed E-state index contributed by atoms with van der Waals surface area (Å²) >= 11 is 0. The molecule has 1 amide bonds. The molecular weight excluding hydrogens is 222 g/mol. The summed E-state index contributed by atoms with van der Waals surface area (Å²) in [6, 6.07) is 3.10. The zero-order valence-corrected chi connectivity index (χ0v) is 9.92. The van der Waals surface area contributed by atoms with Crippen LogP contribution in [0, 0.1) is 0 Å². The van der Waals surface area contributed by atoms with Crippen LogP contribution in [0.4, 0.5) is 5.82 Å². The summed E-state index contributed by atoms with van der Waals surface area (Å²) in [5, 5.41) is 16.4. The summed E-state index contributed by atoms with van der Waals surface area (Å²) in [5.74, 6) is 5.28. The first-order valence-electron chi connectivity index (χ1n) is 5.32. The molecule has 4 N–H and O–H groups in total. The fraction of sp³-hybridized carbons (Fsp3) is 0.500. The molecule has 0 fully saturated rings. The highest BCUT2D eigenvalue weighted by Crippen LogP contribution is 2.07. The number of nitrogens with one attached hydrogen (secondary N) is 1. The highest BCUT2D eigenvalue weighted by atomic mass is 16.3. The van der Waals surface area contributed by atoms with Gasteiger partial charge in [-0.3, -0.25) is 4.79 Å². The summed E-state index contributed by atoms with van der Waals surface area (Å²) in [5.41, 5.74) is 2.56. The highest BCUT2D eigenvalue weighted by molar-refractivity contribution is 5.92. The summed E-state index contributed by atoms with van der Waals surface area (Å²) in [7, 11) is 0. The Kier molecular flexibility index (Phi) is 4.80. The predicted octanol–water partition coefficient (Wildman–Crippen LogP) is -0.395. The van der Waals surface area contributed by atoms with Crippen molar-refractivity contribution in [3.63, 3.8) is 0 Å². The van der Waals surface area contributed by atoms with Crippen molar-refractivity contribution in [2.24, 2.45) is 5.84 Å². The number of nitrogens with two attached hydrogens (primary N) is 1. The molecular formula is C10H17N5O2. The number of amides is 1. The lowest BCUT2D eigenvalue weighted by Crippen LogP contribution is -2.39. The van der Waals surface area contributed by atoms with Crippen LogP contribution in [0.15, 0.2) is 12.1 Å². The molecule has 0 saturated carbocycles. The minimum Gasteiger partial charge on any atom is -0.395 e. The Balaban J connectivity index is 2.85. The van der Waals surface area contributed by atoms with Crippen molar-refractivity contribution in [1.29, 1.82) is 0 Å². The Labute approximate surface area is 99.6 Å². The quantitative estimate of drug-likeness (QED) is 0.477. The minimum atomic E-state index is -0.259. The van der Waals surface area contributed by atoms with E-state index in [4.69, 9.17) is 10.9 Å². The molecule has 1 aromatic rings. The number of hydrogen-bond donors (Lipinski definition) is 3. The number of nitrogen functional groups attached to an aromatic ring is 1. The normalized spacial score (nSPS) is 10.4. The van der Waals surface area contributed by atoms with Gasteiger partial charge in [-0.15, -0.1) is 10.2 Å². The van der Waals surface area contributed by atoms with Crippen molar-refractivity contribution in [1.82, 2.24) is 15.1 Å². The van der Waals surface area contributed by atoms with Crippen molar-refractivity contribution < 1.29 is 9.90 Å². The lowest BCUT2D eigenvalue weighted by atomic mass is 10.2. The first kappa shape index (κ1) is 13.3. The molecule has 0 saturated heterocycles. The zero-order valence-electron chi connectivity index (χ0n) is 9.92. The van der Waals surface area contributed by atoms with E-state index in [1.165, 1.54) is 11.0 Å².